The van der Waals surface area contributed by atoms with E-state index in [1.54, 1.807) is 0 Å². The van der Waals surface area contributed by atoms with E-state index in [9.17, 15) is 4.39 Å². The second kappa shape index (κ2) is 3.46. The Labute approximate surface area is 78.0 Å². The maximum Gasteiger partial charge on any atom is 0.128 e. The number of halogens is 1. The van der Waals surface area contributed by atoms with Crippen molar-refractivity contribution >= 4 is 0 Å². The van der Waals surface area contributed by atoms with Crippen molar-refractivity contribution < 1.29 is 4.39 Å². The van der Waals surface area contributed by atoms with Gasteiger partial charge in [-0.2, -0.15) is 0 Å². The van der Waals surface area contributed by atoms with Crippen molar-refractivity contribution in [1.82, 2.24) is 5.32 Å². The van der Waals surface area contributed by atoms with Crippen LogP contribution >= 0.6 is 0 Å². The van der Waals surface area contributed by atoms with E-state index in [-0.39, 0.29) is 6.04 Å². The summed E-state index contributed by atoms with van der Waals surface area (Å²) in [5, 5.41) is 3.08. The minimum absolute atomic E-state index is 0.0442. The molecule has 2 atom stereocenters. The molecular weight excluding hydrogens is 165 g/mol. The first-order chi connectivity index (χ1) is 6.25. The summed E-state index contributed by atoms with van der Waals surface area (Å²) in [4.78, 5) is 0. The standard InChI is InChI=1S/C11H14FN/c1-8-2-4-9(5-3-8)6-11-10(12)7-13-11/h2-5,10-11,13H,6-7H2,1H3/t10-,11-/m1/s1. The number of alkyl halides is 1. The molecule has 1 nitrogen and oxygen atoms in total. The summed E-state index contributed by atoms with van der Waals surface area (Å²) in [5.41, 5.74) is 2.47. The van der Waals surface area contributed by atoms with Gasteiger partial charge >= 0.3 is 0 Å². The molecule has 0 unspecified atom stereocenters. The Balaban J connectivity index is 1.98. The molecule has 70 valence electrons. The Morgan fingerprint density at radius 2 is 2.08 bits per heavy atom. The molecule has 13 heavy (non-hydrogen) atoms. The number of hydrogen-bond acceptors (Lipinski definition) is 1. The molecule has 1 saturated heterocycles. The zero-order valence-corrected chi connectivity index (χ0v) is 7.76. The molecule has 1 fully saturated rings. The SMILES string of the molecule is Cc1ccc(C[C@H]2NC[C@H]2F)cc1. The van der Waals surface area contributed by atoms with Gasteiger partial charge in [-0.05, 0) is 18.9 Å². The summed E-state index contributed by atoms with van der Waals surface area (Å²) >= 11 is 0. The van der Waals surface area contributed by atoms with Crippen LogP contribution in [0.2, 0.25) is 0 Å². The third-order valence-electron chi connectivity index (χ3n) is 2.59. The van der Waals surface area contributed by atoms with Crippen LogP contribution in [0.4, 0.5) is 4.39 Å². The van der Waals surface area contributed by atoms with Gasteiger partial charge in [0, 0.05) is 12.6 Å². The van der Waals surface area contributed by atoms with Gasteiger partial charge in [0.05, 0.1) is 0 Å². The van der Waals surface area contributed by atoms with Crippen LogP contribution in [-0.2, 0) is 6.42 Å². The van der Waals surface area contributed by atoms with Gasteiger partial charge in [0.25, 0.3) is 0 Å². The number of benzene rings is 1. The van der Waals surface area contributed by atoms with Crippen LogP contribution in [0.3, 0.4) is 0 Å². The first-order valence-corrected chi connectivity index (χ1v) is 4.69. The minimum Gasteiger partial charge on any atom is -0.308 e. The van der Waals surface area contributed by atoms with E-state index in [1.807, 2.05) is 0 Å². The van der Waals surface area contributed by atoms with Crippen molar-refractivity contribution in [2.75, 3.05) is 6.54 Å². The van der Waals surface area contributed by atoms with E-state index in [4.69, 9.17) is 0 Å². The fourth-order valence-corrected chi connectivity index (χ4v) is 1.55. The first kappa shape index (κ1) is 8.70. The van der Waals surface area contributed by atoms with Crippen LogP contribution < -0.4 is 5.32 Å². The monoisotopic (exact) mass is 179 g/mol. The van der Waals surface area contributed by atoms with Crippen LogP contribution in [0, 0.1) is 6.92 Å². The molecular formula is C11H14FN. The van der Waals surface area contributed by atoms with Crippen molar-refractivity contribution in [3.8, 4) is 0 Å². The summed E-state index contributed by atoms with van der Waals surface area (Å²) < 4.78 is 12.9. The van der Waals surface area contributed by atoms with Crippen molar-refractivity contribution in [1.29, 1.82) is 0 Å². The van der Waals surface area contributed by atoms with E-state index >= 15 is 0 Å². The zero-order valence-electron chi connectivity index (χ0n) is 7.76. The van der Waals surface area contributed by atoms with E-state index in [0.29, 0.717) is 6.54 Å². The summed E-state index contributed by atoms with van der Waals surface area (Å²) in [6, 6.07) is 8.33. The predicted octanol–water partition coefficient (Wildman–Crippen LogP) is 1.85. The average molecular weight is 179 g/mol. The fourth-order valence-electron chi connectivity index (χ4n) is 1.55. The zero-order chi connectivity index (χ0) is 9.26. The Morgan fingerprint density at radius 1 is 1.38 bits per heavy atom. The van der Waals surface area contributed by atoms with Gasteiger partial charge in [0.2, 0.25) is 0 Å². The molecule has 1 aliphatic heterocycles. The Hall–Kier alpha value is -0.890. The van der Waals surface area contributed by atoms with Crippen LogP contribution in [-0.4, -0.2) is 18.8 Å². The van der Waals surface area contributed by atoms with E-state index < -0.39 is 6.17 Å². The summed E-state index contributed by atoms with van der Waals surface area (Å²) in [6.45, 7) is 2.58. The van der Waals surface area contributed by atoms with Crippen LogP contribution in [0.15, 0.2) is 24.3 Å². The van der Waals surface area contributed by atoms with Crippen LogP contribution in [0.5, 0.6) is 0 Å². The predicted molar refractivity (Wildman–Crippen MR) is 51.6 cm³/mol. The molecule has 0 spiro atoms. The Kier molecular flexibility index (Phi) is 2.32. The lowest BCUT2D eigenvalue weighted by molar-refractivity contribution is 0.158. The Morgan fingerprint density at radius 3 is 2.54 bits per heavy atom. The number of hydrogen-bond donors (Lipinski definition) is 1. The van der Waals surface area contributed by atoms with Crippen molar-refractivity contribution in [3.63, 3.8) is 0 Å². The summed E-state index contributed by atoms with van der Waals surface area (Å²) in [6.07, 6.45) is 0.155. The van der Waals surface area contributed by atoms with Gasteiger partial charge in [-0.15, -0.1) is 0 Å². The number of aryl methyl sites for hydroxylation is 1. The topological polar surface area (TPSA) is 12.0 Å². The molecule has 0 aliphatic carbocycles. The van der Waals surface area contributed by atoms with Gasteiger partial charge < -0.3 is 5.32 Å². The third-order valence-corrected chi connectivity index (χ3v) is 2.59. The van der Waals surface area contributed by atoms with Crippen molar-refractivity contribution in [2.45, 2.75) is 25.6 Å². The lowest BCUT2D eigenvalue weighted by Crippen LogP contribution is -2.55. The molecule has 2 rings (SSSR count). The van der Waals surface area contributed by atoms with E-state index in [0.717, 1.165) is 6.42 Å². The van der Waals surface area contributed by atoms with Crippen LogP contribution in [0.25, 0.3) is 0 Å². The van der Waals surface area contributed by atoms with E-state index in [2.05, 4.69) is 36.5 Å². The normalized spacial score (nSPS) is 26.9. The molecule has 0 radical (unpaired) electrons. The minimum atomic E-state index is -0.652. The lowest BCUT2D eigenvalue weighted by atomic mass is 9.96. The van der Waals surface area contributed by atoms with E-state index in [1.165, 1.54) is 11.1 Å². The second-order valence-electron chi connectivity index (χ2n) is 3.72. The van der Waals surface area contributed by atoms with Crippen molar-refractivity contribution in [2.24, 2.45) is 0 Å². The molecule has 0 saturated carbocycles. The second-order valence-corrected chi connectivity index (χ2v) is 3.72. The molecule has 0 amide bonds. The first-order valence-electron chi connectivity index (χ1n) is 4.69. The molecule has 1 heterocycles. The molecule has 1 aromatic carbocycles. The highest BCUT2D eigenvalue weighted by Crippen LogP contribution is 2.14. The van der Waals surface area contributed by atoms with Gasteiger partial charge in [-0.25, -0.2) is 4.39 Å². The number of nitrogens with one attached hydrogen (secondary N) is 1. The number of rotatable bonds is 2. The smallest absolute Gasteiger partial charge is 0.128 e. The summed E-state index contributed by atoms with van der Waals surface area (Å²) in [7, 11) is 0. The Bertz CT molecular complexity index is 281. The molecule has 0 bridgehead atoms. The van der Waals surface area contributed by atoms with Gasteiger partial charge in [-0.1, -0.05) is 29.8 Å². The molecule has 0 aromatic heterocycles. The highest BCUT2D eigenvalue weighted by atomic mass is 19.1. The molecule has 1 aromatic rings. The van der Waals surface area contributed by atoms with Crippen molar-refractivity contribution in [3.05, 3.63) is 35.4 Å². The van der Waals surface area contributed by atoms with Gasteiger partial charge in [0.1, 0.15) is 6.17 Å². The highest BCUT2D eigenvalue weighted by molar-refractivity contribution is 5.22. The van der Waals surface area contributed by atoms with Gasteiger partial charge in [0.15, 0.2) is 0 Å². The lowest BCUT2D eigenvalue weighted by Gasteiger charge is -2.32. The third kappa shape index (κ3) is 1.89. The molecule has 1 aliphatic rings. The maximum absolute atomic E-state index is 12.9. The van der Waals surface area contributed by atoms with Crippen LogP contribution in [0.1, 0.15) is 11.1 Å². The maximum atomic E-state index is 12.9. The fraction of sp³-hybridized carbons (Fsp3) is 0.455. The molecule has 2 heteroatoms. The average Bonchev–Trinajstić information content (AvgIpc) is 2.15. The van der Waals surface area contributed by atoms with Gasteiger partial charge in [-0.3, -0.25) is 0 Å². The molecule has 1 N–H and O–H groups in total. The summed E-state index contributed by atoms with van der Waals surface area (Å²) in [5.74, 6) is 0. The quantitative estimate of drug-likeness (QED) is 0.730. The largest absolute Gasteiger partial charge is 0.308 e. The highest BCUT2D eigenvalue weighted by Gasteiger charge is 2.29.